The highest BCUT2D eigenvalue weighted by Crippen LogP contribution is 2.67. The van der Waals surface area contributed by atoms with Gasteiger partial charge in [0.1, 0.15) is 4.90 Å². The Hall–Kier alpha value is -1.21. The number of hydrogen-bond donors (Lipinski definition) is 2. The highest BCUT2D eigenvalue weighted by atomic mass is 32.2. The van der Waals surface area contributed by atoms with E-state index >= 15 is 0 Å². The number of nitrogens with one attached hydrogen (secondary N) is 2. The second kappa shape index (κ2) is 5.21. The molecule has 0 amide bonds. The van der Waals surface area contributed by atoms with Gasteiger partial charge in [-0.2, -0.15) is 0 Å². The van der Waals surface area contributed by atoms with Gasteiger partial charge in [-0.05, 0) is 23.7 Å². The van der Waals surface area contributed by atoms with Crippen LogP contribution in [0, 0.1) is 16.7 Å². The molecule has 1 saturated carbocycles. The second-order valence-electron chi connectivity index (χ2n) is 6.62. The van der Waals surface area contributed by atoms with Crippen molar-refractivity contribution in [2.75, 3.05) is 18.4 Å². The van der Waals surface area contributed by atoms with Gasteiger partial charge in [-0.3, -0.25) is 0 Å². The Morgan fingerprint density at radius 3 is 2.10 bits per heavy atom. The molecule has 1 aliphatic carbocycles. The predicted octanol–water partition coefficient (Wildman–Crippen LogP) is 1.87. The quantitative estimate of drug-likeness (QED) is 0.838. The lowest BCUT2D eigenvalue weighted by Crippen LogP contribution is -2.27. The molecule has 0 spiro atoms. The third kappa shape index (κ3) is 2.89. The minimum Gasteiger partial charge on any atom is -0.355 e. The summed E-state index contributed by atoms with van der Waals surface area (Å²) in [6, 6.07) is 0. The van der Waals surface area contributed by atoms with Crippen molar-refractivity contribution in [1.29, 1.82) is 0 Å². The molecule has 7 heteroatoms. The molecule has 2 N–H and O–H groups in total. The third-order valence-electron chi connectivity index (χ3n) is 5.07. The monoisotopic (exact) mass is 312 g/mol. The summed E-state index contributed by atoms with van der Waals surface area (Å²) in [6.07, 6.45) is 2.66. The molecule has 118 valence electrons. The van der Waals surface area contributed by atoms with E-state index in [0.29, 0.717) is 25.0 Å². The van der Waals surface area contributed by atoms with Crippen LogP contribution >= 0.6 is 0 Å². The van der Waals surface area contributed by atoms with E-state index in [9.17, 15) is 8.42 Å². The molecule has 0 unspecified atom stereocenters. The van der Waals surface area contributed by atoms with Crippen LogP contribution in [0.4, 0.5) is 5.95 Å². The lowest BCUT2D eigenvalue weighted by atomic mass is 10.0. The summed E-state index contributed by atoms with van der Waals surface area (Å²) in [7, 11) is -3.55. The van der Waals surface area contributed by atoms with Crippen molar-refractivity contribution >= 4 is 16.0 Å². The van der Waals surface area contributed by atoms with E-state index in [1.807, 2.05) is 6.92 Å². The van der Waals surface area contributed by atoms with Crippen LogP contribution in [0.25, 0.3) is 0 Å². The van der Waals surface area contributed by atoms with Gasteiger partial charge in [-0.25, -0.2) is 23.1 Å². The van der Waals surface area contributed by atoms with Gasteiger partial charge in [-0.1, -0.05) is 27.7 Å². The van der Waals surface area contributed by atoms with Gasteiger partial charge >= 0.3 is 0 Å². The van der Waals surface area contributed by atoms with Crippen LogP contribution in [-0.4, -0.2) is 31.5 Å². The Bertz CT molecular complexity index is 594. The van der Waals surface area contributed by atoms with Gasteiger partial charge in [-0.15, -0.1) is 0 Å². The molecule has 1 aromatic rings. The van der Waals surface area contributed by atoms with Crippen molar-refractivity contribution in [3.05, 3.63) is 12.4 Å². The fourth-order valence-electron chi connectivity index (χ4n) is 2.82. The summed E-state index contributed by atoms with van der Waals surface area (Å²) in [5, 5.41) is 2.93. The van der Waals surface area contributed by atoms with Crippen LogP contribution < -0.4 is 10.0 Å². The van der Waals surface area contributed by atoms with Gasteiger partial charge in [0, 0.05) is 13.1 Å². The Kier molecular flexibility index (Phi) is 4.01. The lowest BCUT2D eigenvalue weighted by Gasteiger charge is -2.08. The zero-order valence-electron chi connectivity index (χ0n) is 13.3. The fourth-order valence-corrected chi connectivity index (χ4v) is 3.76. The molecule has 0 bridgehead atoms. The van der Waals surface area contributed by atoms with Crippen LogP contribution in [0.2, 0.25) is 0 Å². The summed E-state index contributed by atoms with van der Waals surface area (Å²) >= 11 is 0. The molecular formula is C14H24N4O2S. The maximum Gasteiger partial charge on any atom is 0.243 e. The van der Waals surface area contributed by atoms with Crippen molar-refractivity contribution in [3.63, 3.8) is 0 Å². The van der Waals surface area contributed by atoms with Crippen LogP contribution in [0.15, 0.2) is 17.3 Å². The van der Waals surface area contributed by atoms with Crippen molar-refractivity contribution in [2.24, 2.45) is 16.7 Å². The van der Waals surface area contributed by atoms with Crippen molar-refractivity contribution in [2.45, 2.75) is 39.5 Å². The van der Waals surface area contributed by atoms with Crippen LogP contribution in [0.1, 0.15) is 34.6 Å². The fraction of sp³-hybridized carbons (Fsp3) is 0.714. The molecular weight excluding hydrogens is 288 g/mol. The maximum absolute atomic E-state index is 12.2. The highest BCUT2D eigenvalue weighted by Gasteiger charge is 2.64. The van der Waals surface area contributed by atoms with E-state index in [-0.39, 0.29) is 15.7 Å². The zero-order chi connectivity index (χ0) is 15.9. The molecule has 0 radical (unpaired) electrons. The van der Waals surface area contributed by atoms with Gasteiger partial charge in [0.15, 0.2) is 0 Å². The zero-order valence-corrected chi connectivity index (χ0v) is 14.1. The van der Waals surface area contributed by atoms with E-state index in [0.717, 1.165) is 0 Å². The Morgan fingerprint density at radius 1 is 1.14 bits per heavy atom. The number of rotatable bonds is 6. The average Bonchev–Trinajstić information content (AvgIpc) is 2.78. The first-order valence-corrected chi connectivity index (χ1v) is 8.67. The molecule has 0 aliphatic heterocycles. The molecule has 1 aromatic heterocycles. The summed E-state index contributed by atoms with van der Waals surface area (Å²) in [5.41, 5.74) is 0.307. The highest BCUT2D eigenvalue weighted by molar-refractivity contribution is 7.89. The molecule has 1 aliphatic rings. The number of anilines is 1. The Morgan fingerprint density at radius 2 is 1.67 bits per heavy atom. The van der Waals surface area contributed by atoms with Gasteiger partial charge in [0.05, 0.1) is 12.4 Å². The smallest absolute Gasteiger partial charge is 0.243 e. The molecule has 1 heterocycles. The molecule has 0 atom stereocenters. The third-order valence-corrected chi connectivity index (χ3v) is 6.45. The second-order valence-corrected chi connectivity index (χ2v) is 8.39. The van der Waals surface area contributed by atoms with E-state index in [4.69, 9.17) is 0 Å². The summed E-state index contributed by atoms with van der Waals surface area (Å²) in [5.74, 6) is 0.766. The maximum atomic E-state index is 12.2. The van der Waals surface area contributed by atoms with E-state index < -0.39 is 10.0 Å². The van der Waals surface area contributed by atoms with Gasteiger partial charge < -0.3 is 5.32 Å². The van der Waals surface area contributed by atoms with Crippen molar-refractivity contribution in [3.8, 4) is 0 Å². The standard InChI is InChI=1S/C14H24N4O2S/c1-6-15-12-16-7-10(8-17-12)21(19,20)18-9-11-13(2,3)14(11,4)5/h7-8,11,18H,6,9H2,1-5H3,(H,15,16,17). The normalized spacial score (nSPS) is 20.2. The molecule has 0 aromatic carbocycles. The number of nitrogens with zero attached hydrogens (tertiary/aromatic N) is 2. The molecule has 1 fully saturated rings. The number of aromatic nitrogens is 2. The first-order chi connectivity index (χ1) is 9.63. The molecule has 0 saturated heterocycles. The van der Waals surface area contributed by atoms with E-state index in [1.54, 1.807) is 0 Å². The van der Waals surface area contributed by atoms with Crippen LogP contribution in [0.5, 0.6) is 0 Å². The molecule has 2 rings (SSSR count). The summed E-state index contributed by atoms with van der Waals surface area (Å²) in [4.78, 5) is 8.08. The van der Waals surface area contributed by atoms with Gasteiger partial charge in [0.2, 0.25) is 16.0 Å². The Balaban J connectivity index is 2.03. The largest absolute Gasteiger partial charge is 0.355 e. The summed E-state index contributed by atoms with van der Waals surface area (Å²) < 4.78 is 27.2. The van der Waals surface area contributed by atoms with Crippen LogP contribution in [-0.2, 0) is 10.0 Å². The van der Waals surface area contributed by atoms with Crippen molar-refractivity contribution < 1.29 is 8.42 Å². The van der Waals surface area contributed by atoms with Crippen LogP contribution in [0.3, 0.4) is 0 Å². The van der Waals surface area contributed by atoms with E-state index in [1.165, 1.54) is 12.4 Å². The average molecular weight is 312 g/mol. The van der Waals surface area contributed by atoms with Gasteiger partial charge in [0.25, 0.3) is 0 Å². The SMILES string of the molecule is CCNc1ncc(S(=O)(=O)NCC2C(C)(C)C2(C)C)cn1. The summed E-state index contributed by atoms with van der Waals surface area (Å²) in [6.45, 7) is 11.7. The molecule has 21 heavy (non-hydrogen) atoms. The van der Waals surface area contributed by atoms with Crippen molar-refractivity contribution in [1.82, 2.24) is 14.7 Å². The van der Waals surface area contributed by atoms with E-state index in [2.05, 4.69) is 47.7 Å². The first kappa shape index (κ1) is 16.2. The minimum atomic E-state index is -3.55. The number of hydrogen-bond acceptors (Lipinski definition) is 5. The minimum absolute atomic E-state index is 0.0976. The lowest BCUT2D eigenvalue weighted by molar-refractivity contribution is 0.457. The Labute approximate surface area is 126 Å². The first-order valence-electron chi connectivity index (χ1n) is 7.18. The number of sulfonamides is 1. The predicted molar refractivity (Wildman–Crippen MR) is 82.4 cm³/mol. The topological polar surface area (TPSA) is 84.0 Å². The molecule has 6 nitrogen and oxygen atoms in total.